The molecule has 0 saturated carbocycles. The lowest BCUT2D eigenvalue weighted by Gasteiger charge is -2.19. The fraction of sp³-hybridized carbons (Fsp3) is 0.273. The first-order chi connectivity index (χ1) is 14.6. The van der Waals surface area contributed by atoms with Crippen molar-refractivity contribution < 1.29 is 8.42 Å². The Morgan fingerprint density at radius 3 is 2.37 bits per heavy atom. The smallest absolute Gasteiger partial charge is 0.243 e. The highest BCUT2D eigenvalue weighted by Crippen LogP contribution is 2.27. The van der Waals surface area contributed by atoms with Crippen LogP contribution in [0.15, 0.2) is 70.0 Å². The zero-order chi connectivity index (χ0) is 20.8. The van der Waals surface area contributed by atoms with Gasteiger partial charge in [0.05, 0.1) is 16.8 Å². The number of thiazole rings is 1. The van der Waals surface area contributed by atoms with Gasteiger partial charge in [0.15, 0.2) is 0 Å². The van der Waals surface area contributed by atoms with Crippen molar-refractivity contribution in [3.8, 4) is 11.3 Å². The molecule has 0 aliphatic carbocycles. The van der Waals surface area contributed by atoms with Crippen molar-refractivity contribution in [2.45, 2.75) is 30.6 Å². The molecule has 1 aromatic heterocycles. The van der Waals surface area contributed by atoms with Crippen LogP contribution in [0.4, 0.5) is 5.13 Å². The van der Waals surface area contributed by atoms with E-state index in [1.165, 1.54) is 11.3 Å². The molecule has 0 atom stereocenters. The number of nitrogens with one attached hydrogen (secondary N) is 1. The lowest BCUT2D eigenvalue weighted by atomic mass is 10.2. The summed E-state index contributed by atoms with van der Waals surface area (Å²) in [6, 6.07) is 16.8. The Hall–Kier alpha value is -2.55. The van der Waals surface area contributed by atoms with Gasteiger partial charge < -0.3 is 0 Å². The molecule has 6 nitrogen and oxygen atoms in total. The second kappa shape index (κ2) is 9.51. The van der Waals surface area contributed by atoms with Gasteiger partial charge in [-0.05, 0) is 30.5 Å². The molecule has 1 saturated heterocycles. The summed E-state index contributed by atoms with van der Waals surface area (Å²) in [6.45, 7) is 1.21. The molecule has 3 aromatic rings. The van der Waals surface area contributed by atoms with E-state index in [1.807, 2.05) is 47.8 Å². The molecule has 30 heavy (non-hydrogen) atoms. The van der Waals surface area contributed by atoms with Crippen LogP contribution in [0.25, 0.3) is 11.3 Å². The lowest BCUT2D eigenvalue weighted by Crippen LogP contribution is -2.31. The first kappa shape index (κ1) is 20.7. The Kier molecular flexibility index (Phi) is 6.56. The van der Waals surface area contributed by atoms with Crippen molar-refractivity contribution >= 4 is 32.7 Å². The van der Waals surface area contributed by atoms with E-state index in [-0.39, 0.29) is 0 Å². The van der Waals surface area contributed by atoms with Gasteiger partial charge in [-0.25, -0.2) is 13.4 Å². The number of anilines is 1. The van der Waals surface area contributed by atoms with E-state index in [2.05, 4.69) is 15.5 Å². The molecule has 1 N–H and O–H groups in total. The summed E-state index contributed by atoms with van der Waals surface area (Å²) in [7, 11) is -3.43. The maximum atomic E-state index is 12.9. The topological polar surface area (TPSA) is 74.7 Å². The van der Waals surface area contributed by atoms with Gasteiger partial charge in [-0.1, -0.05) is 55.3 Å². The first-order valence-corrected chi connectivity index (χ1v) is 12.4. The van der Waals surface area contributed by atoms with Gasteiger partial charge in [-0.15, -0.1) is 11.3 Å². The average molecular weight is 441 g/mol. The van der Waals surface area contributed by atoms with Gasteiger partial charge in [0.2, 0.25) is 15.2 Å². The van der Waals surface area contributed by atoms with Crippen molar-refractivity contribution in [2.75, 3.05) is 18.5 Å². The van der Waals surface area contributed by atoms with Crippen molar-refractivity contribution in [3.05, 3.63) is 65.5 Å². The maximum Gasteiger partial charge on any atom is 0.243 e. The van der Waals surface area contributed by atoms with E-state index < -0.39 is 10.0 Å². The SMILES string of the molecule is O=S(=O)(c1ccc(-c2csc(N/N=C/c3ccccc3)n2)cc1)N1CCCCCC1. The molecular weight excluding hydrogens is 416 g/mol. The summed E-state index contributed by atoms with van der Waals surface area (Å²) in [5.41, 5.74) is 5.61. The highest BCUT2D eigenvalue weighted by Gasteiger charge is 2.25. The minimum atomic E-state index is -3.43. The van der Waals surface area contributed by atoms with Crippen molar-refractivity contribution in [2.24, 2.45) is 5.10 Å². The monoisotopic (exact) mass is 440 g/mol. The average Bonchev–Trinajstić information content (AvgIpc) is 3.06. The molecule has 1 aliphatic heterocycles. The van der Waals surface area contributed by atoms with Crippen LogP contribution in [0.2, 0.25) is 0 Å². The minimum Gasteiger partial charge on any atom is -0.253 e. The summed E-state index contributed by atoms with van der Waals surface area (Å²) in [6.07, 6.45) is 5.79. The zero-order valence-corrected chi connectivity index (χ0v) is 18.2. The van der Waals surface area contributed by atoms with Gasteiger partial charge in [-0.2, -0.15) is 9.41 Å². The molecular formula is C22H24N4O2S2. The van der Waals surface area contributed by atoms with Crippen molar-refractivity contribution in [1.29, 1.82) is 0 Å². The Bertz CT molecular complexity index is 1090. The van der Waals surface area contributed by atoms with Crippen molar-refractivity contribution in [3.63, 3.8) is 0 Å². The quantitative estimate of drug-likeness (QED) is 0.440. The van der Waals surface area contributed by atoms with Crippen LogP contribution in [0.5, 0.6) is 0 Å². The van der Waals surface area contributed by atoms with Crippen LogP contribution >= 0.6 is 11.3 Å². The number of nitrogens with zero attached hydrogens (tertiary/aromatic N) is 3. The van der Waals surface area contributed by atoms with Crippen LogP contribution < -0.4 is 5.43 Å². The molecule has 1 aliphatic rings. The van der Waals surface area contributed by atoms with E-state index in [1.54, 1.807) is 22.7 Å². The fourth-order valence-electron chi connectivity index (χ4n) is 3.39. The number of rotatable bonds is 6. The van der Waals surface area contributed by atoms with Crippen LogP contribution in [0.3, 0.4) is 0 Å². The van der Waals surface area contributed by atoms with Gasteiger partial charge in [0, 0.05) is 24.0 Å². The van der Waals surface area contributed by atoms with Crippen LogP contribution in [-0.4, -0.2) is 37.0 Å². The Labute approximate surface area is 181 Å². The van der Waals surface area contributed by atoms with Crippen LogP contribution in [0.1, 0.15) is 31.2 Å². The molecule has 2 heterocycles. The Morgan fingerprint density at radius 1 is 0.967 bits per heavy atom. The molecule has 0 unspecified atom stereocenters. The molecule has 0 amide bonds. The van der Waals surface area contributed by atoms with Gasteiger partial charge in [0.1, 0.15) is 0 Å². The molecule has 0 spiro atoms. The fourth-order valence-corrected chi connectivity index (χ4v) is 5.57. The second-order valence-electron chi connectivity index (χ2n) is 7.16. The second-order valence-corrected chi connectivity index (χ2v) is 9.96. The molecule has 0 radical (unpaired) electrons. The Balaban J connectivity index is 1.43. The summed E-state index contributed by atoms with van der Waals surface area (Å²) < 4.78 is 27.4. The number of hydrazone groups is 1. The molecule has 156 valence electrons. The number of aromatic nitrogens is 1. The largest absolute Gasteiger partial charge is 0.253 e. The molecule has 0 bridgehead atoms. The van der Waals surface area contributed by atoms with E-state index >= 15 is 0 Å². The first-order valence-electron chi connectivity index (χ1n) is 10.0. The number of hydrogen-bond acceptors (Lipinski definition) is 6. The normalized spacial score (nSPS) is 15.9. The predicted octanol–water partition coefficient (Wildman–Crippen LogP) is 4.82. The van der Waals surface area contributed by atoms with Crippen LogP contribution in [-0.2, 0) is 10.0 Å². The number of sulfonamides is 1. The van der Waals surface area contributed by atoms with E-state index in [0.29, 0.717) is 23.1 Å². The predicted molar refractivity (Wildman–Crippen MR) is 122 cm³/mol. The Morgan fingerprint density at radius 2 is 1.67 bits per heavy atom. The summed E-state index contributed by atoms with van der Waals surface area (Å²) in [5.74, 6) is 0. The number of benzene rings is 2. The minimum absolute atomic E-state index is 0.342. The molecule has 1 fully saturated rings. The molecule has 4 rings (SSSR count). The van der Waals surface area contributed by atoms with Gasteiger partial charge in [0.25, 0.3) is 0 Å². The maximum absolute atomic E-state index is 12.9. The highest BCUT2D eigenvalue weighted by molar-refractivity contribution is 7.89. The molecule has 8 heteroatoms. The third-order valence-electron chi connectivity index (χ3n) is 5.03. The van der Waals surface area contributed by atoms with E-state index in [0.717, 1.165) is 42.5 Å². The molecule has 2 aromatic carbocycles. The standard InChI is InChI=1S/C22H24N4O2S2/c27-30(28,26-14-6-1-2-7-15-26)20-12-10-19(11-13-20)21-17-29-22(24-21)25-23-16-18-8-4-3-5-9-18/h3-5,8-13,16-17H,1-2,6-7,14-15H2,(H,24,25)/b23-16+. The van der Waals surface area contributed by atoms with E-state index in [4.69, 9.17) is 0 Å². The summed E-state index contributed by atoms with van der Waals surface area (Å²) >= 11 is 1.45. The van der Waals surface area contributed by atoms with Crippen LogP contribution in [0, 0.1) is 0 Å². The third kappa shape index (κ3) is 4.95. The zero-order valence-electron chi connectivity index (χ0n) is 16.6. The van der Waals surface area contributed by atoms with Gasteiger partial charge in [-0.3, -0.25) is 5.43 Å². The summed E-state index contributed by atoms with van der Waals surface area (Å²) in [4.78, 5) is 4.88. The third-order valence-corrected chi connectivity index (χ3v) is 7.69. The van der Waals surface area contributed by atoms with E-state index in [9.17, 15) is 8.42 Å². The summed E-state index contributed by atoms with van der Waals surface area (Å²) in [5, 5.41) is 6.82. The number of hydrogen-bond donors (Lipinski definition) is 1. The van der Waals surface area contributed by atoms with Crippen molar-refractivity contribution in [1.82, 2.24) is 9.29 Å². The highest BCUT2D eigenvalue weighted by atomic mass is 32.2. The lowest BCUT2D eigenvalue weighted by molar-refractivity contribution is 0.424. The van der Waals surface area contributed by atoms with Gasteiger partial charge >= 0.3 is 0 Å².